The fraction of sp³-hybridized carbons (Fsp3) is 0.333. The Morgan fingerprint density at radius 1 is 1.21 bits per heavy atom. The highest BCUT2D eigenvalue weighted by Crippen LogP contribution is 2.23. The van der Waals surface area contributed by atoms with Crippen molar-refractivity contribution in [2.45, 2.75) is 6.42 Å². The van der Waals surface area contributed by atoms with Gasteiger partial charge in [0, 0.05) is 17.6 Å². The molecule has 0 fully saturated rings. The Hall–Kier alpha value is -0.600. The lowest BCUT2D eigenvalue weighted by Crippen LogP contribution is -2.23. The third-order valence-electron chi connectivity index (χ3n) is 2.63. The summed E-state index contributed by atoms with van der Waals surface area (Å²) in [5, 5.41) is 0. The van der Waals surface area contributed by atoms with Crippen LogP contribution in [0, 0.1) is 0 Å². The van der Waals surface area contributed by atoms with Crippen LogP contribution in [-0.4, -0.2) is 25.0 Å². The largest absolute Gasteiger partial charge is 0.302 e. The fourth-order valence-corrected chi connectivity index (χ4v) is 1.96. The van der Waals surface area contributed by atoms with Crippen molar-refractivity contribution in [3.63, 3.8) is 0 Å². The van der Waals surface area contributed by atoms with E-state index in [9.17, 15) is 0 Å². The fourth-order valence-electron chi connectivity index (χ4n) is 1.70. The third-order valence-corrected chi connectivity index (χ3v) is 3.16. The van der Waals surface area contributed by atoms with Crippen LogP contribution in [0.1, 0.15) is 12.0 Å². The summed E-state index contributed by atoms with van der Waals surface area (Å²) >= 11 is 3.45. The van der Waals surface area contributed by atoms with E-state index in [2.05, 4.69) is 58.2 Å². The van der Waals surface area contributed by atoms with E-state index in [1.807, 2.05) is 0 Å². The van der Waals surface area contributed by atoms with Crippen LogP contribution in [-0.2, 0) is 0 Å². The van der Waals surface area contributed by atoms with Crippen LogP contribution in [0.2, 0.25) is 0 Å². The van der Waals surface area contributed by atoms with E-state index in [0.29, 0.717) is 0 Å². The number of hydrogen-bond acceptors (Lipinski definition) is 1. The molecule has 1 aliphatic rings. The lowest BCUT2D eigenvalue weighted by molar-refractivity contribution is 0.370. The van der Waals surface area contributed by atoms with E-state index >= 15 is 0 Å². The summed E-state index contributed by atoms with van der Waals surface area (Å²) in [5.74, 6) is 0. The SMILES string of the molecule is CN1CC=C(c2ccc(Br)cc2)CC1. The summed E-state index contributed by atoms with van der Waals surface area (Å²) in [5.41, 5.74) is 2.84. The minimum atomic E-state index is 1.07. The Morgan fingerprint density at radius 3 is 2.50 bits per heavy atom. The quantitative estimate of drug-likeness (QED) is 0.742. The summed E-state index contributed by atoms with van der Waals surface area (Å²) in [4.78, 5) is 2.34. The van der Waals surface area contributed by atoms with E-state index in [1.54, 1.807) is 0 Å². The Morgan fingerprint density at radius 2 is 1.93 bits per heavy atom. The van der Waals surface area contributed by atoms with Gasteiger partial charge in [-0.1, -0.05) is 34.1 Å². The molecule has 0 aromatic heterocycles. The molecule has 2 rings (SSSR count). The van der Waals surface area contributed by atoms with Gasteiger partial charge in [-0.2, -0.15) is 0 Å². The Kier molecular flexibility index (Phi) is 3.04. The van der Waals surface area contributed by atoms with Gasteiger partial charge in [0.1, 0.15) is 0 Å². The van der Waals surface area contributed by atoms with E-state index in [-0.39, 0.29) is 0 Å². The molecule has 1 nitrogen and oxygen atoms in total. The Balaban J connectivity index is 2.19. The summed E-state index contributed by atoms with van der Waals surface area (Å²) in [7, 11) is 2.16. The number of hydrogen-bond donors (Lipinski definition) is 0. The van der Waals surface area contributed by atoms with Gasteiger partial charge in [0.15, 0.2) is 0 Å². The van der Waals surface area contributed by atoms with Gasteiger partial charge in [-0.3, -0.25) is 0 Å². The molecule has 0 aliphatic carbocycles. The van der Waals surface area contributed by atoms with E-state index < -0.39 is 0 Å². The second-order valence-electron chi connectivity index (χ2n) is 3.75. The van der Waals surface area contributed by atoms with Crippen molar-refractivity contribution in [2.24, 2.45) is 0 Å². The van der Waals surface area contributed by atoms with Crippen molar-refractivity contribution in [1.82, 2.24) is 4.90 Å². The molecule has 0 spiro atoms. The molecule has 0 unspecified atom stereocenters. The van der Waals surface area contributed by atoms with Crippen LogP contribution in [0.4, 0.5) is 0 Å². The molecule has 74 valence electrons. The van der Waals surface area contributed by atoms with Crippen LogP contribution in [0.5, 0.6) is 0 Å². The first-order valence-electron chi connectivity index (χ1n) is 4.89. The zero-order valence-corrected chi connectivity index (χ0v) is 9.92. The first-order valence-corrected chi connectivity index (χ1v) is 5.68. The molecular weight excluding hydrogens is 238 g/mol. The molecule has 0 radical (unpaired) electrons. The molecule has 0 saturated carbocycles. The van der Waals surface area contributed by atoms with Crippen LogP contribution in [0.15, 0.2) is 34.8 Å². The molecule has 0 atom stereocenters. The smallest absolute Gasteiger partial charge is 0.0175 e. The van der Waals surface area contributed by atoms with Crippen LogP contribution in [0.3, 0.4) is 0 Å². The van der Waals surface area contributed by atoms with Gasteiger partial charge in [-0.05, 0) is 36.7 Å². The zero-order valence-electron chi connectivity index (χ0n) is 8.33. The van der Waals surface area contributed by atoms with Crippen LogP contribution < -0.4 is 0 Å². The zero-order chi connectivity index (χ0) is 9.97. The van der Waals surface area contributed by atoms with Crippen molar-refractivity contribution >= 4 is 21.5 Å². The van der Waals surface area contributed by atoms with Crippen LogP contribution in [0.25, 0.3) is 5.57 Å². The Bertz CT molecular complexity index is 340. The topological polar surface area (TPSA) is 3.24 Å². The lowest BCUT2D eigenvalue weighted by Gasteiger charge is -2.22. The highest BCUT2D eigenvalue weighted by Gasteiger charge is 2.08. The van der Waals surface area contributed by atoms with Gasteiger partial charge < -0.3 is 4.90 Å². The molecular formula is C12H14BrN. The average Bonchev–Trinajstić information content (AvgIpc) is 2.21. The van der Waals surface area contributed by atoms with Crippen molar-refractivity contribution in [1.29, 1.82) is 0 Å². The minimum Gasteiger partial charge on any atom is -0.302 e. The van der Waals surface area contributed by atoms with Crippen molar-refractivity contribution in [2.75, 3.05) is 20.1 Å². The molecule has 1 aromatic carbocycles. The molecule has 1 heterocycles. The predicted molar refractivity (Wildman–Crippen MR) is 64.2 cm³/mol. The first-order chi connectivity index (χ1) is 6.75. The standard InChI is InChI=1S/C12H14BrN/c1-14-8-6-11(7-9-14)10-2-4-12(13)5-3-10/h2-6H,7-9H2,1H3. The summed E-state index contributed by atoms with van der Waals surface area (Å²) < 4.78 is 1.15. The van der Waals surface area contributed by atoms with Crippen LogP contribution >= 0.6 is 15.9 Å². The van der Waals surface area contributed by atoms with E-state index in [0.717, 1.165) is 17.4 Å². The van der Waals surface area contributed by atoms with E-state index in [1.165, 1.54) is 17.7 Å². The minimum absolute atomic E-state index is 1.07. The van der Waals surface area contributed by atoms with Gasteiger partial charge in [0.25, 0.3) is 0 Å². The number of benzene rings is 1. The summed E-state index contributed by atoms with van der Waals surface area (Å²) in [6, 6.07) is 8.57. The maximum Gasteiger partial charge on any atom is 0.0175 e. The van der Waals surface area contributed by atoms with Gasteiger partial charge >= 0.3 is 0 Å². The predicted octanol–water partition coefficient (Wildman–Crippen LogP) is 3.17. The van der Waals surface area contributed by atoms with Crippen molar-refractivity contribution in [3.05, 3.63) is 40.4 Å². The van der Waals surface area contributed by atoms with Gasteiger partial charge in [0.2, 0.25) is 0 Å². The third kappa shape index (κ3) is 2.25. The summed E-state index contributed by atoms with van der Waals surface area (Å²) in [6.45, 7) is 2.24. The van der Waals surface area contributed by atoms with Crippen molar-refractivity contribution in [3.8, 4) is 0 Å². The number of likely N-dealkylation sites (N-methyl/N-ethyl adjacent to an activating group) is 1. The van der Waals surface area contributed by atoms with Gasteiger partial charge in [-0.15, -0.1) is 0 Å². The molecule has 0 bridgehead atoms. The lowest BCUT2D eigenvalue weighted by atomic mass is 10.00. The number of rotatable bonds is 1. The first kappa shape index (κ1) is 9.94. The average molecular weight is 252 g/mol. The highest BCUT2D eigenvalue weighted by molar-refractivity contribution is 9.10. The molecule has 1 aromatic rings. The maximum atomic E-state index is 3.45. The van der Waals surface area contributed by atoms with Gasteiger partial charge in [0.05, 0.1) is 0 Å². The molecule has 14 heavy (non-hydrogen) atoms. The second-order valence-corrected chi connectivity index (χ2v) is 4.66. The second kappa shape index (κ2) is 4.28. The molecule has 0 amide bonds. The molecule has 0 saturated heterocycles. The molecule has 2 heteroatoms. The highest BCUT2D eigenvalue weighted by atomic mass is 79.9. The maximum absolute atomic E-state index is 3.45. The monoisotopic (exact) mass is 251 g/mol. The molecule has 0 N–H and O–H groups in total. The van der Waals surface area contributed by atoms with E-state index in [4.69, 9.17) is 0 Å². The number of nitrogens with zero attached hydrogens (tertiary/aromatic N) is 1. The number of halogens is 1. The Labute approximate surface area is 93.6 Å². The van der Waals surface area contributed by atoms with Crippen molar-refractivity contribution < 1.29 is 0 Å². The van der Waals surface area contributed by atoms with Gasteiger partial charge in [-0.25, -0.2) is 0 Å². The molecule has 1 aliphatic heterocycles. The normalized spacial score (nSPS) is 18.0. The summed E-state index contributed by atoms with van der Waals surface area (Å²) in [6.07, 6.45) is 3.49.